The summed E-state index contributed by atoms with van der Waals surface area (Å²) in [5.74, 6) is 0.618. The first-order chi connectivity index (χ1) is 10.4. The molecule has 0 aliphatic carbocycles. The fourth-order valence-corrected chi connectivity index (χ4v) is 2.58. The number of carbonyl (C=O) groups excluding carboxylic acids is 1. The van der Waals surface area contributed by atoms with E-state index in [1.54, 1.807) is 12.1 Å². The van der Waals surface area contributed by atoms with Crippen LogP contribution in [0.15, 0.2) is 35.5 Å². The zero-order chi connectivity index (χ0) is 16.1. The molecule has 0 aliphatic rings. The van der Waals surface area contributed by atoms with Gasteiger partial charge in [0.1, 0.15) is 11.6 Å². The van der Waals surface area contributed by atoms with Crippen LogP contribution in [0.2, 0.25) is 5.02 Å². The summed E-state index contributed by atoms with van der Waals surface area (Å²) in [6.45, 7) is 1.90. The Hall–Kier alpha value is -1.99. The van der Waals surface area contributed by atoms with E-state index in [4.69, 9.17) is 23.1 Å². The molecule has 2 aromatic rings. The normalized spacial score (nSPS) is 11.9. The lowest BCUT2D eigenvalue weighted by molar-refractivity contribution is -0.119. The van der Waals surface area contributed by atoms with Gasteiger partial charge < -0.3 is 16.8 Å². The van der Waals surface area contributed by atoms with Crippen molar-refractivity contribution in [2.24, 2.45) is 0 Å². The molecular weight excluding hydrogens is 322 g/mol. The molecule has 5 N–H and O–H groups in total. The van der Waals surface area contributed by atoms with E-state index in [2.05, 4.69) is 15.3 Å². The van der Waals surface area contributed by atoms with Gasteiger partial charge in [-0.1, -0.05) is 35.5 Å². The quantitative estimate of drug-likeness (QED) is 0.570. The number of nitrogen functional groups attached to an aromatic ring is 2. The van der Waals surface area contributed by atoms with Gasteiger partial charge in [0.25, 0.3) is 0 Å². The highest BCUT2D eigenvalue weighted by molar-refractivity contribution is 7.99. The number of carbonyl (C=O) groups is 1. The van der Waals surface area contributed by atoms with Crippen LogP contribution in [-0.2, 0) is 4.79 Å². The minimum atomic E-state index is -0.128. The summed E-state index contributed by atoms with van der Waals surface area (Å²) in [4.78, 5) is 20.0. The maximum Gasteiger partial charge on any atom is 0.230 e. The van der Waals surface area contributed by atoms with Gasteiger partial charge in [-0.2, -0.15) is 0 Å². The minimum Gasteiger partial charge on any atom is -0.383 e. The predicted molar refractivity (Wildman–Crippen MR) is 89.6 cm³/mol. The van der Waals surface area contributed by atoms with Crippen LogP contribution in [0, 0.1) is 0 Å². The van der Waals surface area contributed by atoms with Crippen molar-refractivity contribution in [3.05, 3.63) is 40.9 Å². The monoisotopic (exact) mass is 337 g/mol. The van der Waals surface area contributed by atoms with Crippen molar-refractivity contribution in [1.29, 1.82) is 0 Å². The molecular formula is C14H16ClN5OS. The lowest BCUT2D eigenvalue weighted by Crippen LogP contribution is -2.28. The fraction of sp³-hybridized carbons (Fsp3) is 0.214. The van der Waals surface area contributed by atoms with Crippen LogP contribution in [0.3, 0.4) is 0 Å². The van der Waals surface area contributed by atoms with Gasteiger partial charge in [0.05, 0.1) is 11.8 Å². The van der Waals surface area contributed by atoms with Crippen LogP contribution in [0.1, 0.15) is 18.5 Å². The molecule has 0 radical (unpaired) electrons. The first-order valence-electron chi connectivity index (χ1n) is 6.51. The average Bonchev–Trinajstić information content (AvgIpc) is 2.45. The van der Waals surface area contributed by atoms with Crippen LogP contribution in [0.25, 0.3) is 0 Å². The third-order valence-corrected chi connectivity index (χ3v) is 3.92. The van der Waals surface area contributed by atoms with Gasteiger partial charge in [-0.05, 0) is 24.6 Å². The van der Waals surface area contributed by atoms with Gasteiger partial charge in [-0.3, -0.25) is 4.79 Å². The first kappa shape index (κ1) is 16.4. The molecule has 1 heterocycles. The minimum absolute atomic E-state index is 0.114. The Kier molecular flexibility index (Phi) is 5.46. The highest BCUT2D eigenvalue weighted by Gasteiger charge is 2.11. The molecule has 0 aliphatic heterocycles. The molecule has 1 aromatic heterocycles. The number of aromatic nitrogens is 2. The summed E-state index contributed by atoms with van der Waals surface area (Å²) in [5.41, 5.74) is 12.1. The largest absolute Gasteiger partial charge is 0.383 e. The highest BCUT2D eigenvalue weighted by Crippen LogP contribution is 2.18. The van der Waals surface area contributed by atoms with Gasteiger partial charge >= 0.3 is 0 Å². The Morgan fingerprint density at radius 1 is 1.27 bits per heavy atom. The van der Waals surface area contributed by atoms with Crippen molar-refractivity contribution in [1.82, 2.24) is 15.3 Å². The van der Waals surface area contributed by atoms with E-state index in [0.29, 0.717) is 10.2 Å². The van der Waals surface area contributed by atoms with Gasteiger partial charge in [-0.15, -0.1) is 0 Å². The molecule has 1 aromatic carbocycles. The maximum absolute atomic E-state index is 12.0. The first-order valence-corrected chi connectivity index (χ1v) is 7.88. The number of anilines is 2. The maximum atomic E-state index is 12.0. The van der Waals surface area contributed by atoms with E-state index in [1.807, 2.05) is 19.1 Å². The predicted octanol–water partition coefficient (Wildman–Crippen LogP) is 2.26. The van der Waals surface area contributed by atoms with Crippen LogP contribution < -0.4 is 16.8 Å². The zero-order valence-electron chi connectivity index (χ0n) is 11.9. The van der Waals surface area contributed by atoms with Crippen LogP contribution >= 0.6 is 23.4 Å². The zero-order valence-corrected chi connectivity index (χ0v) is 13.5. The van der Waals surface area contributed by atoms with Crippen molar-refractivity contribution >= 4 is 40.9 Å². The molecule has 0 saturated carbocycles. The van der Waals surface area contributed by atoms with Gasteiger partial charge in [0.15, 0.2) is 5.16 Å². The summed E-state index contributed by atoms with van der Waals surface area (Å²) in [7, 11) is 0. The number of rotatable bonds is 5. The molecule has 0 saturated heterocycles. The number of benzene rings is 1. The van der Waals surface area contributed by atoms with Crippen LogP contribution in [0.4, 0.5) is 11.6 Å². The summed E-state index contributed by atoms with van der Waals surface area (Å²) in [5, 5.41) is 3.94. The molecule has 6 nitrogen and oxygen atoms in total. The Morgan fingerprint density at radius 2 is 1.86 bits per heavy atom. The molecule has 0 bridgehead atoms. The molecule has 1 unspecified atom stereocenters. The number of hydrogen-bond donors (Lipinski definition) is 3. The van der Waals surface area contributed by atoms with E-state index in [-0.39, 0.29) is 29.3 Å². The van der Waals surface area contributed by atoms with Gasteiger partial charge in [0.2, 0.25) is 5.91 Å². The molecule has 22 heavy (non-hydrogen) atoms. The molecule has 1 amide bonds. The second kappa shape index (κ2) is 7.33. The van der Waals surface area contributed by atoms with E-state index < -0.39 is 0 Å². The van der Waals surface area contributed by atoms with Crippen molar-refractivity contribution in [3.8, 4) is 0 Å². The Bertz CT molecular complexity index is 645. The Morgan fingerprint density at radius 3 is 2.45 bits per heavy atom. The third-order valence-electron chi connectivity index (χ3n) is 2.83. The molecule has 116 valence electrons. The Labute approximate surface area is 137 Å². The average molecular weight is 338 g/mol. The molecule has 2 rings (SSSR count). The lowest BCUT2D eigenvalue weighted by atomic mass is 10.1. The van der Waals surface area contributed by atoms with Crippen molar-refractivity contribution in [2.75, 3.05) is 17.2 Å². The summed E-state index contributed by atoms with van der Waals surface area (Å²) in [6.07, 6.45) is 0. The number of nitrogens with zero attached hydrogens (tertiary/aromatic N) is 2. The fourth-order valence-electron chi connectivity index (χ4n) is 1.77. The summed E-state index contributed by atoms with van der Waals surface area (Å²) >= 11 is 7.02. The van der Waals surface area contributed by atoms with Crippen molar-refractivity contribution < 1.29 is 4.79 Å². The smallest absolute Gasteiger partial charge is 0.230 e. The Balaban J connectivity index is 1.88. The molecule has 1 atom stereocenters. The van der Waals surface area contributed by atoms with E-state index in [0.717, 1.165) is 5.56 Å². The van der Waals surface area contributed by atoms with E-state index in [9.17, 15) is 4.79 Å². The number of nitrogens with one attached hydrogen (secondary N) is 1. The number of halogens is 1. The number of nitrogens with two attached hydrogens (primary N) is 2. The summed E-state index contributed by atoms with van der Waals surface area (Å²) < 4.78 is 0. The lowest BCUT2D eigenvalue weighted by Gasteiger charge is -2.14. The van der Waals surface area contributed by atoms with Gasteiger partial charge in [0, 0.05) is 11.1 Å². The topological polar surface area (TPSA) is 107 Å². The van der Waals surface area contributed by atoms with Crippen molar-refractivity contribution in [2.45, 2.75) is 18.1 Å². The highest BCUT2D eigenvalue weighted by atomic mass is 35.5. The summed E-state index contributed by atoms with van der Waals surface area (Å²) in [6, 6.07) is 8.68. The van der Waals surface area contributed by atoms with Crippen LogP contribution in [-0.4, -0.2) is 21.6 Å². The van der Waals surface area contributed by atoms with Crippen molar-refractivity contribution in [3.63, 3.8) is 0 Å². The third kappa shape index (κ3) is 4.78. The second-order valence-corrected chi connectivity index (χ2v) is 6.01. The molecule has 0 spiro atoms. The van der Waals surface area contributed by atoms with E-state index in [1.165, 1.54) is 17.8 Å². The van der Waals surface area contributed by atoms with Gasteiger partial charge in [-0.25, -0.2) is 9.97 Å². The number of hydrogen-bond acceptors (Lipinski definition) is 6. The second-order valence-electron chi connectivity index (χ2n) is 4.63. The van der Waals surface area contributed by atoms with Crippen LogP contribution in [0.5, 0.6) is 0 Å². The standard InChI is InChI=1S/C14H16ClN5OS/c1-8(9-2-4-10(15)5-3-9)18-13(21)7-22-14-19-11(16)6-12(17)20-14/h2-6,8H,7H2,1H3,(H,18,21)(H4,16,17,19,20). The molecule has 8 heteroatoms. The number of amides is 1. The van der Waals surface area contributed by atoms with E-state index >= 15 is 0 Å². The number of thioether (sulfide) groups is 1. The molecule has 0 fully saturated rings. The SMILES string of the molecule is CC(NC(=O)CSc1nc(N)cc(N)n1)c1ccc(Cl)cc1.